The van der Waals surface area contributed by atoms with Gasteiger partial charge in [-0.25, -0.2) is 0 Å². The Morgan fingerprint density at radius 3 is 2.61 bits per heavy atom. The van der Waals surface area contributed by atoms with E-state index in [2.05, 4.69) is 5.32 Å². The summed E-state index contributed by atoms with van der Waals surface area (Å²) in [5.74, 6) is -0.779. The summed E-state index contributed by atoms with van der Waals surface area (Å²) in [6.45, 7) is 0. The van der Waals surface area contributed by atoms with E-state index in [1.807, 2.05) is 6.07 Å². The van der Waals surface area contributed by atoms with Crippen molar-refractivity contribution in [3.05, 3.63) is 28.8 Å². The van der Waals surface area contributed by atoms with Crippen LogP contribution < -0.4 is 5.32 Å². The molecule has 1 amide bonds. The van der Waals surface area contributed by atoms with Crippen LogP contribution in [0, 0.1) is 11.3 Å². The predicted octanol–water partition coefficient (Wildman–Crippen LogP) is 3.49. The molecule has 0 fully saturated rings. The van der Waals surface area contributed by atoms with Crippen molar-refractivity contribution < 1.29 is 18.0 Å². The number of rotatable bonds is 3. The minimum atomic E-state index is -4.37. The Balaban J connectivity index is 2.63. The van der Waals surface area contributed by atoms with Crippen molar-refractivity contribution >= 4 is 23.2 Å². The number of halogens is 4. The molecule has 0 aliphatic heterocycles. The molecule has 0 atom stereocenters. The summed E-state index contributed by atoms with van der Waals surface area (Å²) in [4.78, 5) is 11.2. The van der Waals surface area contributed by atoms with Crippen LogP contribution in [-0.2, 0) is 4.79 Å². The zero-order valence-electron chi connectivity index (χ0n) is 9.01. The van der Waals surface area contributed by atoms with E-state index < -0.39 is 24.9 Å². The molecule has 96 valence electrons. The largest absolute Gasteiger partial charge is 0.389 e. The minimum absolute atomic E-state index is 0.106. The molecule has 0 aromatic heterocycles. The number of nitrogens with zero attached hydrogens (tertiary/aromatic N) is 1. The molecule has 0 bridgehead atoms. The van der Waals surface area contributed by atoms with Crippen LogP contribution in [0.2, 0.25) is 5.02 Å². The SMILES string of the molecule is N#Cc1ccc(NC(=O)CCC(F)(F)F)c(Cl)c1. The molecule has 0 saturated carbocycles. The molecule has 0 aliphatic carbocycles. The monoisotopic (exact) mass is 276 g/mol. The third kappa shape index (κ3) is 4.63. The molecule has 1 aromatic rings. The van der Waals surface area contributed by atoms with Gasteiger partial charge in [0.25, 0.3) is 0 Å². The number of carbonyl (C=O) groups excluding carboxylic acids is 1. The standard InChI is InChI=1S/C11H8ClF3N2O/c12-8-5-7(6-16)1-2-9(8)17-10(18)3-4-11(13,14)15/h1-2,5H,3-4H2,(H,17,18). The number of nitriles is 1. The van der Waals surface area contributed by atoms with Crippen molar-refractivity contribution in [3.8, 4) is 6.07 Å². The van der Waals surface area contributed by atoms with Crippen LogP contribution in [0.25, 0.3) is 0 Å². The van der Waals surface area contributed by atoms with E-state index in [1.54, 1.807) is 0 Å². The third-order valence-electron chi connectivity index (χ3n) is 2.01. The molecule has 1 rings (SSSR count). The van der Waals surface area contributed by atoms with Gasteiger partial charge in [0.1, 0.15) is 0 Å². The number of carbonyl (C=O) groups is 1. The maximum Gasteiger partial charge on any atom is 0.389 e. The molecule has 3 nitrogen and oxygen atoms in total. The Labute approximate surface area is 106 Å². The molecule has 0 radical (unpaired) electrons. The second kappa shape index (κ2) is 5.74. The van der Waals surface area contributed by atoms with Crippen LogP contribution in [-0.4, -0.2) is 12.1 Å². The van der Waals surface area contributed by atoms with Gasteiger partial charge in [0.15, 0.2) is 0 Å². The number of amides is 1. The normalized spacial score (nSPS) is 10.8. The zero-order valence-corrected chi connectivity index (χ0v) is 9.77. The van der Waals surface area contributed by atoms with E-state index in [9.17, 15) is 18.0 Å². The number of hydrogen-bond acceptors (Lipinski definition) is 2. The summed E-state index contributed by atoms with van der Waals surface area (Å²) < 4.78 is 35.7. The third-order valence-corrected chi connectivity index (χ3v) is 2.32. The fourth-order valence-electron chi connectivity index (χ4n) is 1.15. The quantitative estimate of drug-likeness (QED) is 0.919. The Bertz CT molecular complexity index is 494. The molecule has 0 spiro atoms. The molecular formula is C11H8ClF3N2O. The first-order valence-electron chi connectivity index (χ1n) is 4.88. The van der Waals surface area contributed by atoms with Crippen LogP contribution >= 0.6 is 11.6 Å². The maximum absolute atomic E-state index is 11.9. The summed E-state index contributed by atoms with van der Waals surface area (Å²) in [7, 11) is 0. The van der Waals surface area contributed by atoms with Crippen molar-refractivity contribution in [2.45, 2.75) is 19.0 Å². The molecule has 1 N–H and O–H groups in total. The number of anilines is 1. The van der Waals surface area contributed by atoms with E-state index >= 15 is 0 Å². The van der Waals surface area contributed by atoms with Crippen LogP contribution in [0.15, 0.2) is 18.2 Å². The first kappa shape index (κ1) is 14.3. The van der Waals surface area contributed by atoms with E-state index in [-0.39, 0.29) is 10.7 Å². The van der Waals surface area contributed by atoms with Gasteiger partial charge >= 0.3 is 6.18 Å². The molecule has 0 saturated heterocycles. The average Bonchev–Trinajstić information content (AvgIpc) is 2.28. The fourth-order valence-corrected chi connectivity index (χ4v) is 1.38. The van der Waals surface area contributed by atoms with Gasteiger partial charge in [-0.15, -0.1) is 0 Å². The van der Waals surface area contributed by atoms with Crippen molar-refractivity contribution in [2.75, 3.05) is 5.32 Å². The van der Waals surface area contributed by atoms with Gasteiger partial charge in [0.2, 0.25) is 5.91 Å². The lowest BCUT2D eigenvalue weighted by Gasteiger charge is -2.08. The lowest BCUT2D eigenvalue weighted by atomic mass is 10.2. The van der Waals surface area contributed by atoms with Crippen LogP contribution in [0.5, 0.6) is 0 Å². The van der Waals surface area contributed by atoms with Crippen molar-refractivity contribution in [3.63, 3.8) is 0 Å². The van der Waals surface area contributed by atoms with Crippen LogP contribution in [0.3, 0.4) is 0 Å². The van der Waals surface area contributed by atoms with Crippen molar-refractivity contribution in [1.29, 1.82) is 5.26 Å². The van der Waals surface area contributed by atoms with Crippen LogP contribution in [0.1, 0.15) is 18.4 Å². The first-order chi connectivity index (χ1) is 8.31. The Hall–Kier alpha value is -1.74. The first-order valence-corrected chi connectivity index (χ1v) is 5.26. The summed E-state index contributed by atoms with van der Waals surface area (Å²) >= 11 is 5.75. The molecule has 0 unspecified atom stereocenters. The fraction of sp³-hybridized carbons (Fsp3) is 0.273. The molecule has 1 aromatic carbocycles. The van der Waals surface area contributed by atoms with Crippen molar-refractivity contribution in [1.82, 2.24) is 0 Å². The highest BCUT2D eigenvalue weighted by Crippen LogP contribution is 2.25. The van der Waals surface area contributed by atoms with Gasteiger partial charge in [-0.05, 0) is 18.2 Å². The summed E-state index contributed by atoms with van der Waals surface area (Å²) in [5, 5.41) is 10.9. The molecule has 0 aliphatic rings. The highest BCUT2D eigenvalue weighted by molar-refractivity contribution is 6.33. The lowest BCUT2D eigenvalue weighted by Crippen LogP contribution is -2.16. The van der Waals surface area contributed by atoms with Gasteiger partial charge in [-0.2, -0.15) is 18.4 Å². The Kier molecular flexibility index (Phi) is 4.56. The van der Waals surface area contributed by atoms with E-state index in [4.69, 9.17) is 16.9 Å². The zero-order chi connectivity index (χ0) is 13.8. The summed E-state index contributed by atoms with van der Waals surface area (Å²) in [6, 6.07) is 5.94. The van der Waals surface area contributed by atoms with Gasteiger partial charge < -0.3 is 5.32 Å². The lowest BCUT2D eigenvalue weighted by molar-refractivity contribution is -0.142. The predicted molar refractivity (Wildman–Crippen MR) is 60.1 cm³/mol. The second-order valence-corrected chi connectivity index (χ2v) is 3.88. The minimum Gasteiger partial charge on any atom is -0.325 e. The highest BCUT2D eigenvalue weighted by Gasteiger charge is 2.27. The molecular weight excluding hydrogens is 269 g/mol. The van der Waals surface area contributed by atoms with Gasteiger partial charge in [0, 0.05) is 6.42 Å². The van der Waals surface area contributed by atoms with E-state index in [0.717, 1.165) is 0 Å². The van der Waals surface area contributed by atoms with E-state index in [0.29, 0.717) is 5.56 Å². The summed E-state index contributed by atoms with van der Waals surface area (Å²) in [6.07, 6.45) is -6.22. The summed E-state index contributed by atoms with van der Waals surface area (Å²) in [5.41, 5.74) is 0.483. The highest BCUT2D eigenvalue weighted by atomic mass is 35.5. The number of hydrogen-bond donors (Lipinski definition) is 1. The number of alkyl halides is 3. The van der Waals surface area contributed by atoms with Crippen LogP contribution in [0.4, 0.5) is 18.9 Å². The second-order valence-electron chi connectivity index (χ2n) is 3.47. The number of benzene rings is 1. The molecule has 18 heavy (non-hydrogen) atoms. The maximum atomic E-state index is 11.9. The molecule has 7 heteroatoms. The van der Waals surface area contributed by atoms with Crippen molar-refractivity contribution in [2.24, 2.45) is 0 Å². The Morgan fingerprint density at radius 2 is 2.11 bits per heavy atom. The topological polar surface area (TPSA) is 52.9 Å². The smallest absolute Gasteiger partial charge is 0.325 e. The van der Waals surface area contributed by atoms with Gasteiger partial charge in [0.05, 0.1) is 28.8 Å². The molecule has 0 heterocycles. The Morgan fingerprint density at radius 1 is 1.44 bits per heavy atom. The number of nitrogens with one attached hydrogen (secondary N) is 1. The van der Waals surface area contributed by atoms with Gasteiger partial charge in [-0.1, -0.05) is 11.6 Å². The van der Waals surface area contributed by atoms with E-state index in [1.165, 1.54) is 18.2 Å². The van der Waals surface area contributed by atoms with Gasteiger partial charge in [-0.3, -0.25) is 4.79 Å². The average molecular weight is 277 g/mol.